The Balaban J connectivity index is 1.60. The number of hydrogen-bond acceptors (Lipinski definition) is 5. The van der Waals surface area contributed by atoms with E-state index in [1.807, 2.05) is 30.3 Å². The number of hydrogen-bond donors (Lipinski definition) is 2. The van der Waals surface area contributed by atoms with Crippen LogP contribution in [0.15, 0.2) is 65.6 Å². The molecule has 0 saturated carbocycles. The molecule has 2 amide bonds. The smallest absolute Gasteiger partial charge is 0.251 e. The number of thiophene rings is 1. The third-order valence-electron chi connectivity index (χ3n) is 5.22. The summed E-state index contributed by atoms with van der Waals surface area (Å²) in [5, 5.41) is 2.97. The Bertz CT molecular complexity index is 1260. The van der Waals surface area contributed by atoms with E-state index in [1.54, 1.807) is 6.07 Å². The van der Waals surface area contributed by atoms with Gasteiger partial charge in [0.15, 0.2) is 0 Å². The van der Waals surface area contributed by atoms with Crippen molar-refractivity contribution in [1.29, 1.82) is 0 Å². The first kappa shape index (κ1) is 22.1. The van der Waals surface area contributed by atoms with Gasteiger partial charge in [-0.2, -0.15) is 4.31 Å². The van der Waals surface area contributed by atoms with Gasteiger partial charge in [-0.25, -0.2) is 12.8 Å². The fraction of sp³-hybridized carbons (Fsp3) is 0.182. The highest BCUT2D eigenvalue weighted by atomic mass is 32.2. The Kier molecular flexibility index (Phi) is 6.09. The Morgan fingerprint density at radius 2 is 1.78 bits per heavy atom. The lowest BCUT2D eigenvalue weighted by molar-refractivity contribution is -0.119. The van der Waals surface area contributed by atoms with Crippen LogP contribution >= 0.6 is 11.3 Å². The molecule has 3 aromatic rings. The molecule has 2 aromatic carbocycles. The summed E-state index contributed by atoms with van der Waals surface area (Å²) in [6, 6.07) is 14.5. The van der Waals surface area contributed by atoms with Crippen LogP contribution in [0.5, 0.6) is 0 Å². The van der Waals surface area contributed by atoms with Crippen LogP contribution in [0.1, 0.15) is 23.2 Å². The molecule has 32 heavy (non-hydrogen) atoms. The topological polar surface area (TPSA) is 110 Å². The van der Waals surface area contributed by atoms with E-state index in [0.717, 1.165) is 26.9 Å². The first-order valence-corrected chi connectivity index (χ1v) is 12.1. The zero-order valence-corrected chi connectivity index (χ0v) is 18.5. The summed E-state index contributed by atoms with van der Waals surface area (Å²) in [5.74, 6) is -1.79. The molecular weight excluding hydrogens is 453 g/mol. The summed E-state index contributed by atoms with van der Waals surface area (Å²) in [6.45, 7) is 0.167. The molecule has 1 aliphatic heterocycles. The van der Waals surface area contributed by atoms with Crippen LogP contribution in [-0.4, -0.2) is 37.1 Å². The first-order valence-electron chi connectivity index (χ1n) is 9.84. The molecule has 3 N–H and O–H groups in total. The minimum atomic E-state index is -3.99. The molecule has 1 aromatic heterocycles. The van der Waals surface area contributed by atoms with E-state index in [0.29, 0.717) is 12.8 Å². The van der Waals surface area contributed by atoms with Gasteiger partial charge in [-0.3, -0.25) is 9.59 Å². The molecule has 1 fully saturated rings. The van der Waals surface area contributed by atoms with Crippen molar-refractivity contribution in [2.45, 2.75) is 23.8 Å². The van der Waals surface area contributed by atoms with E-state index in [9.17, 15) is 22.4 Å². The van der Waals surface area contributed by atoms with Gasteiger partial charge < -0.3 is 11.1 Å². The van der Waals surface area contributed by atoms with Crippen molar-refractivity contribution in [2.24, 2.45) is 5.73 Å². The molecule has 0 bridgehead atoms. The van der Waals surface area contributed by atoms with Gasteiger partial charge in [0.1, 0.15) is 16.9 Å². The van der Waals surface area contributed by atoms with Crippen molar-refractivity contribution < 1.29 is 22.4 Å². The summed E-state index contributed by atoms with van der Waals surface area (Å²) < 4.78 is 40.4. The SMILES string of the molecule is NC(=O)c1cc(-c2ccccc2)sc1NC(=O)C1CCCN1S(=O)(=O)c1ccc(F)cc1. The van der Waals surface area contributed by atoms with Gasteiger partial charge >= 0.3 is 0 Å². The molecule has 0 spiro atoms. The normalized spacial score (nSPS) is 16.7. The van der Waals surface area contributed by atoms with Crippen molar-refractivity contribution in [1.82, 2.24) is 4.31 Å². The van der Waals surface area contributed by atoms with Crippen molar-refractivity contribution in [3.05, 3.63) is 72.0 Å². The van der Waals surface area contributed by atoms with Gasteiger partial charge in [0.05, 0.1) is 10.5 Å². The molecule has 166 valence electrons. The lowest BCUT2D eigenvalue weighted by Crippen LogP contribution is -2.43. The summed E-state index contributed by atoms with van der Waals surface area (Å²) >= 11 is 1.19. The maximum Gasteiger partial charge on any atom is 0.251 e. The summed E-state index contributed by atoms with van der Waals surface area (Å²) in [6.07, 6.45) is 0.829. The third-order valence-corrected chi connectivity index (χ3v) is 8.24. The van der Waals surface area contributed by atoms with Crippen LogP contribution in [0.25, 0.3) is 10.4 Å². The summed E-state index contributed by atoms with van der Waals surface area (Å²) in [4.78, 5) is 25.7. The number of primary amides is 1. The van der Waals surface area contributed by atoms with Crippen LogP contribution in [-0.2, 0) is 14.8 Å². The van der Waals surface area contributed by atoms with Crippen molar-refractivity contribution in [3.63, 3.8) is 0 Å². The fourth-order valence-corrected chi connectivity index (χ4v) is 6.37. The number of nitrogens with one attached hydrogen (secondary N) is 1. The monoisotopic (exact) mass is 473 g/mol. The number of nitrogens with zero attached hydrogens (tertiary/aromatic N) is 1. The molecule has 0 aliphatic carbocycles. The zero-order valence-electron chi connectivity index (χ0n) is 16.8. The van der Waals surface area contributed by atoms with E-state index in [4.69, 9.17) is 5.73 Å². The average Bonchev–Trinajstić information content (AvgIpc) is 3.43. The van der Waals surface area contributed by atoms with Crippen molar-refractivity contribution in [3.8, 4) is 10.4 Å². The lowest BCUT2D eigenvalue weighted by atomic mass is 10.1. The Morgan fingerprint density at radius 1 is 1.09 bits per heavy atom. The molecule has 0 radical (unpaired) electrons. The van der Waals surface area contributed by atoms with Gasteiger partial charge in [-0.05, 0) is 48.7 Å². The van der Waals surface area contributed by atoms with Crippen LogP contribution in [0.4, 0.5) is 9.39 Å². The predicted molar refractivity (Wildman–Crippen MR) is 120 cm³/mol. The van der Waals surface area contributed by atoms with Crippen LogP contribution in [0.3, 0.4) is 0 Å². The number of sulfonamides is 1. The quantitative estimate of drug-likeness (QED) is 0.571. The van der Waals surface area contributed by atoms with Crippen LogP contribution in [0, 0.1) is 5.82 Å². The number of nitrogens with two attached hydrogens (primary N) is 1. The van der Waals surface area contributed by atoms with E-state index >= 15 is 0 Å². The summed E-state index contributed by atoms with van der Waals surface area (Å²) in [7, 11) is -3.99. The molecular formula is C22H20FN3O4S2. The minimum Gasteiger partial charge on any atom is -0.366 e. The van der Waals surface area contributed by atoms with Crippen LogP contribution in [0.2, 0.25) is 0 Å². The van der Waals surface area contributed by atoms with Gasteiger partial charge in [-0.15, -0.1) is 11.3 Å². The number of anilines is 1. The maximum atomic E-state index is 13.2. The van der Waals surface area contributed by atoms with E-state index in [-0.39, 0.29) is 22.0 Å². The van der Waals surface area contributed by atoms with Crippen molar-refractivity contribution >= 4 is 38.2 Å². The predicted octanol–water partition coefficient (Wildman–Crippen LogP) is 3.44. The van der Waals surface area contributed by atoms with Crippen LogP contribution < -0.4 is 11.1 Å². The van der Waals surface area contributed by atoms with Gasteiger partial charge in [0, 0.05) is 11.4 Å². The fourth-order valence-electron chi connectivity index (χ4n) is 3.64. The lowest BCUT2D eigenvalue weighted by Gasteiger charge is -2.23. The summed E-state index contributed by atoms with van der Waals surface area (Å²) in [5.41, 5.74) is 6.52. The second-order valence-corrected chi connectivity index (χ2v) is 10.2. The van der Waals surface area contributed by atoms with Gasteiger partial charge in [-0.1, -0.05) is 30.3 Å². The van der Waals surface area contributed by atoms with E-state index < -0.39 is 33.7 Å². The maximum absolute atomic E-state index is 13.2. The molecule has 4 rings (SSSR count). The molecule has 1 unspecified atom stereocenters. The van der Waals surface area contributed by atoms with Crippen molar-refractivity contribution in [2.75, 3.05) is 11.9 Å². The standard InChI is InChI=1S/C22H20FN3O4S2/c23-15-8-10-16(11-9-15)32(29,30)26-12-4-7-18(26)21(28)25-22-17(20(24)27)13-19(31-22)14-5-2-1-3-6-14/h1-3,5-6,8-11,13,18H,4,7,12H2,(H2,24,27)(H,25,28). The Morgan fingerprint density at radius 3 is 2.44 bits per heavy atom. The first-order chi connectivity index (χ1) is 15.3. The molecule has 10 heteroatoms. The number of carbonyl (C=O) groups excluding carboxylic acids is 2. The minimum absolute atomic E-state index is 0.0843. The third kappa shape index (κ3) is 4.29. The average molecular weight is 474 g/mol. The highest BCUT2D eigenvalue weighted by Gasteiger charge is 2.39. The van der Waals surface area contributed by atoms with Gasteiger partial charge in [0.2, 0.25) is 15.9 Å². The Hall–Kier alpha value is -3.08. The second-order valence-electron chi connectivity index (χ2n) is 7.30. The molecule has 2 heterocycles. The molecule has 1 saturated heterocycles. The highest BCUT2D eigenvalue weighted by molar-refractivity contribution is 7.89. The zero-order chi connectivity index (χ0) is 22.9. The largest absolute Gasteiger partial charge is 0.366 e. The Labute approximate surface area is 188 Å². The molecule has 1 aliphatic rings. The molecule has 1 atom stereocenters. The number of benzene rings is 2. The van der Waals surface area contributed by atoms with E-state index in [2.05, 4.69) is 5.32 Å². The number of halogens is 1. The number of carbonyl (C=O) groups is 2. The highest BCUT2D eigenvalue weighted by Crippen LogP contribution is 2.36. The van der Waals surface area contributed by atoms with E-state index in [1.165, 1.54) is 23.5 Å². The second kappa shape index (κ2) is 8.81. The number of amides is 2. The number of rotatable bonds is 6. The molecule has 7 nitrogen and oxygen atoms in total. The van der Waals surface area contributed by atoms with Gasteiger partial charge in [0.25, 0.3) is 5.91 Å².